The van der Waals surface area contributed by atoms with E-state index in [2.05, 4.69) is 0 Å². The first-order chi connectivity index (χ1) is 23.4. The molecule has 5 N–H and O–H groups in total. The first kappa shape index (κ1) is 44.1. The Labute approximate surface area is 304 Å². The topological polar surface area (TPSA) is 194 Å². The Morgan fingerprint density at radius 3 is 2.04 bits per heavy atom. The predicted molar refractivity (Wildman–Crippen MR) is 186 cm³/mol. The highest BCUT2D eigenvalue weighted by Gasteiger charge is 2.53. The van der Waals surface area contributed by atoms with E-state index in [1.54, 1.807) is 41.5 Å². The van der Waals surface area contributed by atoms with Crippen LogP contribution in [0.25, 0.3) is 0 Å². The molecule has 18 atom stereocenters. The molecule has 0 aromatic heterocycles. The van der Waals surface area contributed by atoms with Gasteiger partial charge in [0.2, 0.25) is 0 Å². The molecule has 3 aliphatic rings. The number of methoxy groups -OCH3 is 1. The molecule has 0 aromatic rings. The Hall–Kier alpha value is -1.30. The molecule has 0 amide bonds. The summed E-state index contributed by atoms with van der Waals surface area (Å²) in [5, 5.41) is 57.6. The van der Waals surface area contributed by atoms with Crippen LogP contribution in [-0.2, 0) is 38.0 Å². The molecule has 298 valence electrons. The number of rotatable bonds is 7. The number of cyclic esters (lactones) is 1. The zero-order valence-electron chi connectivity index (χ0n) is 32.9. The first-order valence-electron chi connectivity index (χ1n) is 18.5. The second kappa shape index (κ2) is 17.0. The molecular formula is C37H67NO13. The van der Waals surface area contributed by atoms with E-state index < -0.39 is 108 Å². The predicted octanol–water partition coefficient (Wildman–Crippen LogP) is 1.79. The molecule has 3 fully saturated rings. The molecule has 51 heavy (non-hydrogen) atoms. The fraction of sp³-hybridized carbons (Fsp3) is 0.946. The summed E-state index contributed by atoms with van der Waals surface area (Å²) in [5.41, 5.74) is -4.84. The van der Waals surface area contributed by atoms with Crippen LogP contribution in [0.1, 0.15) is 94.9 Å². The van der Waals surface area contributed by atoms with E-state index in [-0.39, 0.29) is 31.4 Å². The minimum atomic E-state index is -1.99. The zero-order valence-corrected chi connectivity index (χ0v) is 32.9. The summed E-state index contributed by atoms with van der Waals surface area (Å²) in [4.78, 5) is 29.8. The van der Waals surface area contributed by atoms with Crippen LogP contribution in [0.3, 0.4) is 0 Å². The van der Waals surface area contributed by atoms with Crippen molar-refractivity contribution in [3.05, 3.63) is 0 Å². The van der Waals surface area contributed by atoms with Crippen molar-refractivity contribution in [2.75, 3.05) is 21.2 Å². The van der Waals surface area contributed by atoms with Crippen molar-refractivity contribution < 1.29 is 63.5 Å². The highest BCUT2D eigenvalue weighted by Crippen LogP contribution is 2.40. The fourth-order valence-corrected chi connectivity index (χ4v) is 8.41. The molecule has 0 aromatic carbocycles. The lowest BCUT2D eigenvalue weighted by atomic mass is 9.74. The maximum Gasteiger partial charge on any atom is 0.311 e. The Morgan fingerprint density at radius 1 is 0.882 bits per heavy atom. The van der Waals surface area contributed by atoms with Crippen LogP contribution < -0.4 is 0 Å². The number of hydrogen-bond donors (Lipinski definition) is 5. The van der Waals surface area contributed by atoms with E-state index in [9.17, 15) is 35.1 Å². The number of aliphatic hydroxyl groups excluding tert-OH is 3. The summed E-state index contributed by atoms with van der Waals surface area (Å²) in [6.45, 7) is 16.3. The summed E-state index contributed by atoms with van der Waals surface area (Å²) in [5.74, 6) is -4.98. The second-order valence-corrected chi connectivity index (χ2v) is 16.5. The largest absolute Gasteiger partial charge is 0.459 e. The lowest BCUT2D eigenvalue weighted by molar-refractivity contribution is -0.318. The maximum atomic E-state index is 14.1. The number of hydrogen-bond acceptors (Lipinski definition) is 14. The van der Waals surface area contributed by atoms with Gasteiger partial charge < -0.3 is 58.9 Å². The van der Waals surface area contributed by atoms with Crippen LogP contribution in [0.15, 0.2) is 0 Å². The summed E-state index contributed by atoms with van der Waals surface area (Å²) >= 11 is 0. The molecule has 14 nitrogen and oxygen atoms in total. The van der Waals surface area contributed by atoms with Crippen molar-refractivity contribution >= 4 is 11.8 Å². The van der Waals surface area contributed by atoms with Gasteiger partial charge in [0.05, 0.1) is 47.6 Å². The van der Waals surface area contributed by atoms with Gasteiger partial charge >= 0.3 is 5.97 Å². The molecule has 0 aliphatic carbocycles. The van der Waals surface area contributed by atoms with Crippen molar-refractivity contribution in [2.24, 2.45) is 23.7 Å². The third-order valence-electron chi connectivity index (χ3n) is 11.8. The molecule has 3 heterocycles. The lowest BCUT2D eigenvalue weighted by Crippen LogP contribution is -2.61. The van der Waals surface area contributed by atoms with Crippen LogP contribution in [0.2, 0.25) is 0 Å². The molecule has 3 rings (SSSR count). The van der Waals surface area contributed by atoms with E-state index in [4.69, 9.17) is 28.4 Å². The van der Waals surface area contributed by atoms with E-state index >= 15 is 0 Å². The van der Waals surface area contributed by atoms with Crippen LogP contribution in [-0.4, -0.2) is 148 Å². The van der Waals surface area contributed by atoms with Crippen LogP contribution in [0, 0.1) is 23.7 Å². The first-order valence-corrected chi connectivity index (χ1v) is 18.5. The molecule has 0 spiro atoms. The van der Waals surface area contributed by atoms with Gasteiger partial charge in [0, 0.05) is 37.3 Å². The van der Waals surface area contributed by atoms with Gasteiger partial charge in [-0.25, -0.2) is 0 Å². The number of carbonyl (C=O) groups is 2. The molecule has 0 saturated carbocycles. The number of esters is 1. The third-order valence-corrected chi connectivity index (χ3v) is 11.8. The van der Waals surface area contributed by atoms with Crippen molar-refractivity contribution in [2.45, 2.75) is 179 Å². The van der Waals surface area contributed by atoms with E-state index in [1.807, 2.05) is 25.9 Å². The van der Waals surface area contributed by atoms with Gasteiger partial charge in [0.1, 0.15) is 29.7 Å². The van der Waals surface area contributed by atoms with Gasteiger partial charge in [-0.3, -0.25) is 9.59 Å². The Balaban J connectivity index is 2.18. The van der Waals surface area contributed by atoms with Gasteiger partial charge in [0.25, 0.3) is 0 Å². The van der Waals surface area contributed by atoms with Crippen molar-refractivity contribution in [3.63, 3.8) is 0 Å². The van der Waals surface area contributed by atoms with Gasteiger partial charge in [-0.1, -0.05) is 27.7 Å². The molecule has 0 bridgehead atoms. The zero-order chi connectivity index (χ0) is 39.0. The minimum Gasteiger partial charge on any atom is -0.459 e. The molecular weight excluding hydrogens is 665 g/mol. The van der Waals surface area contributed by atoms with E-state index in [0.717, 1.165) is 0 Å². The highest BCUT2D eigenvalue weighted by atomic mass is 16.7. The van der Waals surface area contributed by atoms with Gasteiger partial charge in [0.15, 0.2) is 12.6 Å². The fourth-order valence-electron chi connectivity index (χ4n) is 8.41. The summed E-state index contributed by atoms with van der Waals surface area (Å²) in [6, 6.07) is -0.324. The summed E-state index contributed by atoms with van der Waals surface area (Å²) < 4.78 is 37.1. The third kappa shape index (κ3) is 9.51. The average Bonchev–Trinajstić information content (AvgIpc) is 3.05. The summed E-state index contributed by atoms with van der Waals surface area (Å²) in [7, 11) is 5.18. The number of Topliss-reactive ketones (excluding diaryl/α,β-unsaturated/α-hetero) is 1. The SMILES string of the molecule is CC[C@H]1OC(=O)[C@H](C)[C@@H](O[C@H]2C[C@@](C)(OC)[C@@H](O)[C@H](C)O2)[C@@H](C)[C@@H](O[C@@H]2O[C@H](C)C[C@H](N(C)[11CH3])[C@H]2O)[C@](C)(O)C[C@@H](C)C(=O)[C@H](C)[C@H](O)[C@]1(C)O. The van der Waals surface area contributed by atoms with Crippen LogP contribution in [0.5, 0.6) is 0 Å². The standard InChI is InChI=1S/C37H67NO13/c1-14-25-37(10,45)30(41)20(4)27(39)18(2)16-35(8,44)32(51-34-28(40)24(38(11)12)15-19(3)47-34)21(5)29(22(6)33(43)49-25)50-26-17-36(9,46-13)31(42)23(7)48-26/h18-26,28-32,34,40-42,44-45H,14-17H2,1-13H3/t18-,19-,20+,21-,22-,23+,24+,25-,26+,28-,29+,30+,31+,32-,34+,35-,36-,37-/m1/s1/i11-1. The maximum absolute atomic E-state index is 14.1. The number of aliphatic hydroxyl groups is 5. The van der Waals surface area contributed by atoms with Crippen LogP contribution >= 0.6 is 0 Å². The number of ketones is 1. The molecule has 14 heteroatoms. The Morgan fingerprint density at radius 2 is 1.49 bits per heavy atom. The molecule has 0 radical (unpaired) electrons. The van der Waals surface area contributed by atoms with Gasteiger partial charge in [-0.05, 0) is 74.9 Å². The van der Waals surface area contributed by atoms with E-state index in [1.165, 1.54) is 27.9 Å². The smallest absolute Gasteiger partial charge is 0.311 e. The van der Waals surface area contributed by atoms with Gasteiger partial charge in [-0.15, -0.1) is 0 Å². The van der Waals surface area contributed by atoms with Gasteiger partial charge in [-0.2, -0.15) is 0 Å². The molecule has 0 unspecified atom stereocenters. The number of likely N-dealkylation sites (N-methyl/N-ethyl adjacent to an activating group) is 1. The molecule has 3 aliphatic heterocycles. The normalized spacial score (nSPS) is 49.7. The molecule has 3 saturated heterocycles. The number of carbonyl (C=O) groups excluding carboxylic acids is 2. The number of ether oxygens (including phenoxy) is 6. The minimum absolute atomic E-state index is 0.0936. The highest BCUT2D eigenvalue weighted by molar-refractivity contribution is 5.83. The van der Waals surface area contributed by atoms with E-state index in [0.29, 0.717) is 6.42 Å². The van der Waals surface area contributed by atoms with Crippen LogP contribution in [0.4, 0.5) is 0 Å². The van der Waals surface area contributed by atoms with Crippen molar-refractivity contribution in [1.29, 1.82) is 0 Å². The van der Waals surface area contributed by atoms with Crippen molar-refractivity contribution in [1.82, 2.24) is 4.90 Å². The Kier molecular flexibility index (Phi) is 14.7. The lowest BCUT2D eigenvalue weighted by Gasteiger charge is -2.49. The summed E-state index contributed by atoms with van der Waals surface area (Å²) in [6.07, 6.45) is -9.71. The average molecular weight is 733 g/mol. The monoisotopic (exact) mass is 732 g/mol. The quantitative estimate of drug-likeness (QED) is 0.238. The van der Waals surface area contributed by atoms with Crippen molar-refractivity contribution in [3.8, 4) is 0 Å². The number of nitrogens with zero attached hydrogens (tertiary/aromatic N) is 1. The Bertz CT molecular complexity index is 1170. The second-order valence-electron chi connectivity index (χ2n) is 16.5.